The van der Waals surface area contributed by atoms with Gasteiger partial charge in [0.2, 0.25) is 0 Å². The lowest BCUT2D eigenvalue weighted by Crippen LogP contribution is -2.20. The number of hydrogen-bond acceptors (Lipinski definition) is 5. The second-order valence-electron chi connectivity index (χ2n) is 8.21. The first-order valence-corrected chi connectivity index (χ1v) is 11.9. The molecule has 4 rings (SSSR count). The molecule has 4 aromatic rings. The molecule has 0 bridgehead atoms. The molecule has 0 aliphatic rings. The molecule has 0 radical (unpaired) electrons. The van der Waals surface area contributed by atoms with Gasteiger partial charge < -0.3 is 24.8 Å². The van der Waals surface area contributed by atoms with Gasteiger partial charge in [0.1, 0.15) is 11.5 Å². The Labute approximate surface area is 211 Å². The largest absolute Gasteiger partial charge is 0.490 e. The van der Waals surface area contributed by atoms with Crippen LogP contribution in [0.1, 0.15) is 18.1 Å². The Morgan fingerprint density at radius 3 is 2.17 bits per heavy atom. The molecule has 0 atom stereocenters. The Balaban J connectivity index is 1.31. The van der Waals surface area contributed by atoms with Crippen LogP contribution in [0.4, 0.5) is 11.4 Å². The van der Waals surface area contributed by atoms with E-state index in [4.69, 9.17) is 14.2 Å². The van der Waals surface area contributed by atoms with E-state index in [1.165, 1.54) is 0 Å². The summed E-state index contributed by atoms with van der Waals surface area (Å²) < 4.78 is 17.4. The highest BCUT2D eigenvalue weighted by molar-refractivity contribution is 5.91. The number of benzene rings is 4. The predicted octanol–water partition coefficient (Wildman–Crippen LogP) is 6.82. The highest BCUT2D eigenvalue weighted by Gasteiger charge is 2.10. The van der Waals surface area contributed by atoms with Crippen molar-refractivity contribution in [3.63, 3.8) is 0 Å². The van der Waals surface area contributed by atoms with Gasteiger partial charge in [-0.25, -0.2) is 0 Å². The van der Waals surface area contributed by atoms with Crippen LogP contribution < -0.4 is 24.8 Å². The van der Waals surface area contributed by atoms with Crippen molar-refractivity contribution in [2.75, 3.05) is 23.8 Å². The lowest BCUT2D eigenvalue weighted by Gasteiger charge is -2.14. The van der Waals surface area contributed by atoms with E-state index in [9.17, 15) is 4.79 Å². The third-order valence-electron chi connectivity index (χ3n) is 5.33. The predicted molar refractivity (Wildman–Crippen MR) is 143 cm³/mol. The van der Waals surface area contributed by atoms with Crippen LogP contribution in [0.2, 0.25) is 0 Å². The Morgan fingerprint density at radius 2 is 1.44 bits per heavy atom. The SMILES string of the molecule is CCOc1cc(CNc2ccc(Oc3ccccc3)cc2)ccc1OCC(=O)Nc1ccc(C)cc1. The van der Waals surface area contributed by atoms with Crippen LogP contribution in [0.5, 0.6) is 23.0 Å². The third-order valence-corrected chi connectivity index (χ3v) is 5.33. The average molecular weight is 483 g/mol. The van der Waals surface area contributed by atoms with E-state index >= 15 is 0 Å². The zero-order valence-electron chi connectivity index (χ0n) is 20.5. The summed E-state index contributed by atoms with van der Waals surface area (Å²) in [5, 5.41) is 6.24. The lowest BCUT2D eigenvalue weighted by atomic mass is 10.2. The maximum Gasteiger partial charge on any atom is 0.262 e. The van der Waals surface area contributed by atoms with Gasteiger partial charge in [-0.3, -0.25) is 4.79 Å². The number of amides is 1. The fraction of sp³-hybridized carbons (Fsp3) is 0.167. The second kappa shape index (κ2) is 12.3. The molecule has 0 saturated heterocycles. The number of anilines is 2. The molecule has 0 unspecified atom stereocenters. The number of rotatable bonds is 11. The standard InChI is InChI=1S/C30H30N2O4/c1-3-34-29-19-23(11-18-28(29)35-21-30(33)32-25-12-9-22(2)10-13-25)20-31-24-14-16-27(17-15-24)36-26-7-5-4-6-8-26/h4-19,31H,3,20-21H2,1-2H3,(H,32,33). The number of aryl methyl sites for hydroxylation is 1. The summed E-state index contributed by atoms with van der Waals surface area (Å²) in [5.41, 5.74) is 3.87. The summed E-state index contributed by atoms with van der Waals surface area (Å²) in [5.74, 6) is 2.48. The van der Waals surface area contributed by atoms with Gasteiger partial charge in [0.25, 0.3) is 5.91 Å². The molecule has 36 heavy (non-hydrogen) atoms. The Morgan fingerprint density at radius 1 is 0.750 bits per heavy atom. The highest BCUT2D eigenvalue weighted by Crippen LogP contribution is 2.29. The first-order chi connectivity index (χ1) is 17.6. The van der Waals surface area contributed by atoms with Gasteiger partial charge in [-0.15, -0.1) is 0 Å². The Kier molecular flexibility index (Phi) is 8.44. The van der Waals surface area contributed by atoms with E-state index in [2.05, 4.69) is 10.6 Å². The van der Waals surface area contributed by atoms with Crippen molar-refractivity contribution >= 4 is 17.3 Å². The molecule has 0 aromatic heterocycles. The summed E-state index contributed by atoms with van der Waals surface area (Å²) in [7, 11) is 0. The van der Waals surface area contributed by atoms with Gasteiger partial charge >= 0.3 is 0 Å². The number of para-hydroxylation sites is 1. The van der Waals surface area contributed by atoms with Crippen molar-refractivity contribution < 1.29 is 19.0 Å². The zero-order chi connectivity index (χ0) is 25.2. The maximum atomic E-state index is 12.3. The van der Waals surface area contributed by atoms with E-state index in [-0.39, 0.29) is 12.5 Å². The van der Waals surface area contributed by atoms with E-state index < -0.39 is 0 Å². The molecule has 184 valence electrons. The summed E-state index contributed by atoms with van der Waals surface area (Å²) in [6, 6.07) is 30.8. The third kappa shape index (κ3) is 7.27. The molecule has 4 aromatic carbocycles. The molecule has 0 aliphatic heterocycles. The molecule has 0 spiro atoms. The molecule has 6 heteroatoms. The number of ether oxygens (including phenoxy) is 3. The number of carbonyl (C=O) groups is 1. The Hall–Kier alpha value is -4.45. The smallest absolute Gasteiger partial charge is 0.262 e. The number of nitrogens with one attached hydrogen (secondary N) is 2. The van der Waals surface area contributed by atoms with Gasteiger partial charge in [0.15, 0.2) is 18.1 Å². The van der Waals surface area contributed by atoms with E-state index in [0.29, 0.717) is 24.7 Å². The maximum absolute atomic E-state index is 12.3. The van der Waals surface area contributed by atoms with E-state index in [1.54, 1.807) is 0 Å². The monoisotopic (exact) mass is 482 g/mol. The molecule has 1 amide bonds. The highest BCUT2D eigenvalue weighted by atomic mass is 16.5. The summed E-state index contributed by atoms with van der Waals surface area (Å²) in [6.07, 6.45) is 0. The normalized spacial score (nSPS) is 10.4. The molecular formula is C30H30N2O4. The molecule has 6 nitrogen and oxygen atoms in total. The van der Waals surface area contributed by atoms with Crippen LogP contribution in [-0.4, -0.2) is 19.1 Å². The lowest BCUT2D eigenvalue weighted by molar-refractivity contribution is -0.118. The van der Waals surface area contributed by atoms with Crippen LogP contribution >= 0.6 is 0 Å². The molecule has 0 saturated carbocycles. The minimum absolute atomic E-state index is 0.108. The van der Waals surface area contributed by atoms with Crippen molar-refractivity contribution in [1.29, 1.82) is 0 Å². The molecule has 0 aliphatic carbocycles. The van der Waals surface area contributed by atoms with Crippen LogP contribution in [-0.2, 0) is 11.3 Å². The zero-order valence-corrected chi connectivity index (χ0v) is 20.5. The summed E-state index contributed by atoms with van der Waals surface area (Å²) >= 11 is 0. The second-order valence-corrected chi connectivity index (χ2v) is 8.21. The minimum Gasteiger partial charge on any atom is -0.490 e. The van der Waals surface area contributed by atoms with Crippen LogP contribution in [0.15, 0.2) is 97.1 Å². The minimum atomic E-state index is -0.230. The van der Waals surface area contributed by atoms with Gasteiger partial charge in [-0.05, 0) is 80.1 Å². The summed E-state index contributed by atoms with van der Waals surface area (Å²) in [6.45, 7) is 4.90. The van der Waals surface area contributed by atoms with Gasteiger partial charge in [-0.1, -0.05) is 42.0 Å². The fourth-order valence-electron chi connectivity index (χ4n) is 3.50. The van der Waals surface area contributed by atoms with Crippen molar-refractivity contribution in [3.8, 4) is 23.0 Å². The number of hydrogen-bond donors (Lipinski definition) is 2. The van der Waals surface area contributed by atoms with Crippen molar-refractivity contribution in [2.24, 2.45) is 0 Å². The van der Waals surface area contributed by atoms with Gasteiger partial charge in [0.05, 0.1) is 6.61 Å². The van der Waals surface area contributed by atoms with Crippen molar-refractivity contribution in [1.82, 2.24) is 0 Å². The van der Waals surface area contributed by atoms with Crippen LogP contribution in [0, 0.1) is 6.92 Å². The van der Waals surface area contributed by atoms with Gasteiger partial charge in [0, 0.05) is 17.9 Å². The fourth-order valence-corrected chi connectivity index (χ4v) is 3.50. The van der Waals surface area contributed by atoms with E-state index in [1.807, 2.05) is 111 Å². The summed E-state index contributed by atoms with van der Waals surface area (Å²) in [4.78, 5) is 12.3. The Bertz CT molecular complexity index is 1260. The average Bonchev–Trinajstić information content (AvgIpc) is 2.90. The topological polar surface area (TPSA) is 68.8 Å². The van der Waals surface area contributed by atoms with Gasteiger partial charge in [-0.2, -0.15) is 0 Å². The first kappa shape index (κ1) is 24.7. The first-order valence-electron chi connectivity index (χ1n) is 11.9. The van der Waals surface area contributed by atoms with Crippen LogP contribution in [0.25, 0.3) is 0 Å². The van der Waals surface area contributed by atoms with Crippen molar-refractivity contribution in [2.45, 2.75) is 20.4 Å². The van der Waals surface area contributed by atoms with Crippen LogP contribution in [0.3, 0.4) is 0 Å². The van der Waals surface area contributed by atoms with Crippen molar-refractivity contribution in [3.05, 3.63) is 108 Å². The quantitative estimate of drug-likeness (QED) is 0.246. The molecular weight excluding hydrogens is 452 g/mol. The molecule has 0 heterocycles. The molecule has 0 fully saturated rings. The molecule has 2 N–H and O–H groups in total. The number of carbonyl (C=O) groups excluding carboxylic acids is 1. The van der Waals surface area contributed by atoms with E-state index in [0.717, 1.165) is 34.0 Å².